The maximum absolute atomic E-state index is 10.2. The Morgan fingerprint density at radius 1 is 1.00 bits per heavy atom. The monoisotopic (exact) mass is 412 g/mol. The fourth-order valence-electron chi connectivity index (χ4n) is 8.90. The van der Waals surface area contributed by atoms with E-state index in [0.717, 1.165) is 41.9 Å². The van der Waals surface area contributed by atoms with Gasteiger partial charge in [-0.25, -0.2) is 0 Å². The molecule has 1 N–H and O–H groups in total. The van der Waals surface area contributed by atoms with Gasteiger partial charge >= 0.3 is 0 Å². The van der Waals surface area contributed by atoms with Crippen LogP contribution >= 0.6 is 0 Å². The molecule has 9 atom stereocenters. The molecular weight excluding hydrogens is 364 g/mol. The fourth-order valence-corrected chi connectivity index (χ4v) is 8.90. The van der Waals surface area contributed by atoms with E-state index in [9.17, 15) is 5.11 Å². The minimum absolute atomic E-state index is 0.181. The Balaban J connectivity index is 1.52. The van der Waals surface area contributed by atoms with Crippen LogP contribution in [0.2, 0.25) is 0 Å². The highest BCUT2D eigenvalue weighted by Crippen LogP contribution is 2.67. The maximum Gasteiger partial charge on any atom is 0.0724 e. The van der Waals surface area contributed by atoms with E-state index in [1.165, 1.54) is 51.4 Å². The van der Waals surface area contributed by atoms with Gasteiger partial charge in [-0.15, -0.1) is 0 Å². The van der Waals surface area contributed by atoms with Crippen LogP contribution in [0.3, 0.4) is 0 Å². The molecule has 2 unspecified atom stereocenters. The summed E-state index contributed by atoms with van der Waals surface area (Å²) in [6.07, 6.45) is 19.0. The van der Waals surface area contributed by atoms with Crippen LogP contribution in [0, 0.1) is 52.3 Å². The topological polar surface area (TPSA) is 20.2 Å². The van der Waals surface area contributed by atoms with Crippen molar-refractivity contribution in [3.63, 3.8) is 0 Å². The van der Waals surface area contributed by atoms with Crippen LogP contribution in [0.5, 0.6) is 0 Å². The normalized spacial score (nSPS) is 45.6. The molecule has 0 aromatic carbocycles. The molecule has 0 aliphatic heterocycles. The summed E-state index contributed by atoms with van der Waals surface area (Å²) >= 11 is 0. The van der Waals surface area contributed by atoms with Gasteiger partial charge in [-0.3, -0.25) is 0 Å². The standard InChI is InChI=1S/C29H48O/c1-7-21(19(2)3)9-8-20(4)25-12-13-26-24-11-10-22-18-23(30)14-16-28(22,5)27(24)15-17-29(25,26)6/h8-9,18-21,23-27,30H,7,10-17H2,1-6H3/t20?,21?,23-,24-,25+,26-,27-,28-,29+/m0/s1. The number of rotatable bonds is 5. The van der Waals surface area contributed by atoms with Crippen LogP contribution in [0.4, 0.5) is 0 Å². The lowest BCUT2D eigenvalue weighted by molar-refractivity contribution is -0.0595. The van der Waals surface area contributed by atoms with Crippen molar-refractivity contribution in [3.8, 4) is 0 Å². The third-order valence-electron chi connectivity index (χ3n) is 10.8. The van der Waals surface area contributed by atoms with Gasteiger partial charge in [0.25, 0.3) is 0 Å². The first kappa shape index (κ1) is 22.6. The van der Waals surface area contributed by atoms with E-state index < -0.39 is 0 Å². The SMILES string of the molecule is CCC(C=CC(C)[C@H]1CC[C@H]2[C@@H]3CCC4=C[C@@H](O)CC[C@]4(C)[C@H]3CC[C@]12C)C(C)C. The fraction of sp³-hybridized carbons (Fsp3) is 0.862. The summed E-state index contributed by atoms with van der Waals surface area (Å²) in [7, 11) is 0. The predicted molar refractivity (Wildman–Crippen MR) is 128 cm³/mol. The van der Waals surface area contributed by atoms with Crippen molar-refractivity contribution in [3.05, 3.63) is 23.8 Å². The van der Waals surface area contributed by atoms with Crippen LogP contribution < -0.4 is 0 Å². The highest BCUT2D eigenvalue weighted by molar-refractivity contribution is 5.25. The predicted octanol–water partition coefficient (Wildman–Crippen LogP) is 7.80. The van der Waals surface area contributed by atoms with Crippen LogP contribution in [0.1, 0.15) is 99.3 Å². The van der Waals surface area contributed by atoms with Crippen molar-refractivity contribution in [2.45, 2.75) is 105 Å². The van der Waals surface area contributed by atoms with Gasteiger partial charge in [-0.2, -0.15) is 0 Å². The molecule has 0 aromatic heterocycles. The van der Waals surface area contributed by atoms with Gasteiger partial charge in [0.15, 0.2) is 0 Å². The zero-order valence-electron chi connectivity index (χ0n) is 20.7. The molecule has 1 heteroatoms. The Bertz CT molecular complexity index is 674. The second-order valence-electron chi connectivity index (χ2n) is 12.4. The Labute approximate surface area is 186 Å². The van der Waals surface area contributed by atoms with Crippen LogP contribution in [-0.4, -0.2) is 11.2 Å². The molecule has 0 heterocycles. The molecule has 0 radical (unpaired) electrons. The van der Waals surface area contributed by atoms with E-state index in [1.807, 2.05) is 0 Å². The number of hydrogen-bond donors (Lipinski definition) is 1. The van der Waals surface area contributed by atoms with Crippen LogP contribution in [-0.2, 0) is 0 Å². The first-order chi connectivity index (χ1) is 14.2. The third kappa shape index (κ3) is 3.66. The number of aliphatic hydroxyl groups excluding tert-OH is 1. The summed E-state index contributed by atoms with van der Waals surface area (Å²) in [4.78, 5) is 0. The molecule has 1 nitrogen and oxygen atoms in total. The lowest BCUT2D eigenvalue weighted by atomic mass is 9.46. The molecule has 3 saturated carbocycles. The van der Waals surface area contributed by atoms with Gasteiger partial charge < -0.3 is 5.11 Å². The average molecular weight is 413 g/mol. The highest BCUT2D eigenvalue weighted by atomic mass is 16.3. The van der Waals surface area contributed by atoms with Gasteiger partial charge in [0.1, 0.15) is 0 Å². The van der Waals surface area contributed by atoms with E-state index in [1.54, 1.807) is 5.57 Å². The smallest absolute Gasteiger partial charge is 0.0724 e. The minimum Gasteiger partial charge on any atom is -0.389 e. The number of aliphatic hydroxyl groups is 1. The number of allylic oxidation sites excluding steroid dienone is 3. The second-order valence-corrected chi connectivity index (χ2v) is 12.4. The molecule has 0 spiro atoms. The van der Waals surface area contributed by atoms with Gasteiger partial charge in [-0.05, 0) is 110 Å². The molecule has 0 aromatic rings. The summed E-state index contributed by atoms with van der Waals surface area (Å²) in [6.45, 7) is 14.8. The molecule has 3 fully saturated rings. The largest absolute Gasteiger partial charge is 0.389 e. The second kappa shape index (κ2) is 8.42. The Kier molecular flexibility index (Phi) is 6.35. The van der Waals surface area contributed by atoms with Crippen molar-refractivity contribution in [1.29, 1.82) is 0 Å². The lowest BCUT2D eigenvalue weighted by Gasteiger charge is -2.59. The highest BCUT2D eigenvalue weighted by Gasteiger charge is 2.59. The van der Waals surface area contributed by atoms with E-state index in [0.29, 0.717) is 16.7 Å². The quantitative estimate of drug-likeness (QED) is 0.457. The van der Waals surface area contributed by atoms with Crippen LogP contribution in [0.25, 0.3) is 0 Å². The van der Waals surface area contributed by atoms with Gasteiger partial charge in [0.05, 0.1) is 6.10 Å². The molecule has 0 bridgehead atoms. The summed E-state index contributed by atoms with van der Waals surface area (Å²) in [5.41, 5.74) is 2.52. The Morgan fingerprint density at radius 2 is 1.77 bits per heavy atom. The van der Waals surface area contributed by atoms with Gasteiger partial charge in [-0.1, -0.05) is 65.3 Å². The molecule has 0 saturated heterocycles. The maximum atomic E-state index is 10.2. The molecule has 0 amide bonds. The van der Waals surface area contributed by atoms with Crippen molar-refractivity contribution in [2.75, 3.05) is 0 Å². The molecule has 170 valence electrons. The van der Waals surface area contributed by atoms with Gasteiger partial charge in [0, 0.05) is 0 Å². The van der Waals surface area contributed by atoms with Crippen molar-refractivity contribution < 1.29 is 5.11 Å². The molecule has 4 rings (SSSR count). The summed E-state index contributed by atoms with van der Waals surface area (Å²) in [6, 6.07) is 0. The van der Waals surface area contributed by atoms with Crippen molar-refractivity contribution in [2.24, 2.45) is 52.3 Å². The van der Waals surface area contributed by atoms with E-state index in [4.69, 9.17) is 0 Å². The zero-order valence-corrected chi connectivity index (χ0v) is 20.7. The first-order valence-corrected chi connectivity index (χ1v) is 13.3. The van der Waals surface area contributed by atoms with E-state index in [2.05, 4.69) is 59.8 Å². The number of fused-ring (bicyclic) bond motifs is 5. The first-order valence-electron chi connectivity index (χ1n) is 13.3. The molecular formula is C29H48O. The van der Waals surface area contributed by atoms with Gasteiger partial charge in [0.2, 0.25) is 0 Å². The molecule has 4 aliphatic carbocycles. The third-order valence-corrected chi connectivity index (χ3v) is 10.8. The minimum atomic E-state index is -0.181. The summed E-state index contributed by atoms with van der Waals surface area (Å²) < 4.78 is 0. The molecule has 30 heavy (non-hydrogen) atoms. The Morgan fingerprint density at radius 3 is 2.47 bits per heavy atom. The Hall–Kier alpha value is -0.560. The summed E-state index contributed by atoms with van der Waals surface area (Å²) in [5, 5.41) is 10.2. The summed E-state index contributed by atoms with van der Waals surface area (Å²) in [5.74, 6) is 5.76. The van der Waals surface area contributed by atoms with Crippen molar-refractivity contribution in [1.82, 2.24) is 0 Å². The van der Waals surface area contributed by atoms with E-state index in [-0.39, 0.29) is 6.10 Å². The van der Waals surface area contributed by atoms with Crippen LogP contribution in [0.15, 0.2) is 23.8 Å². The van der Waals surface area contributed by atoms with E-state index >= 15 is 0 Å². The molecule has 4 aliphatic rings. The zero-order chi connectivity index (χ0) is 21.7. The number of hydrogen-bond acceptors (Lipinski definition) is 1. The lowest BCUT2D eigenvalue weighted by Crippen LogP contribution is -2.51. The van der Waals surface area contributed by atoms with Crippen molar-refractivity contribution >= 4 is 0 Å². The average Bonchev–Trinajstić information content (AvgIpc) is 3.06.